The first-order valence-electron chi connectivity index (χ1n) is 5.98. The summed E-state index contributed by atoms with van der Waals surface area (Å²) in [6.07, 6.45) is 5.52. The molecule has 0 fully saturated rings. The van der Waals surface area contributed by atoms with Crippen molar-refractivity contribution in [1.82, 2.24) is 9.55 Å². The van der Waals surface area contributed by atoms with Gasteiger partial charge in [-0.05, 0) is 38.1 Å². The Balaban J connectivity index is 1.94. The SMILES string of the molecule is CC(=O)c1ccc(NC(C)Cn2ccnc2)cc1. The number of hydrogen-bond acceptors (Lipinski definition) is 3. The lowest BCUT2D eigenvalue weighted by atomic mass is 10.1. The molecule has 1 atom stereocenters. The van der Waals surface area contributed by atoms with E-state index in [2.05, 4.69) is 17.2 Å². The Morgan fingerprint density at radius 3 is 2.67 bits per heavy atom. The number of nitrogens with one attached hydrogen (secondary N) is 1. The molecule has 1 aromatic heterocycles. The van der Waals surface area contributed by atoms with Gasteiger partial charge in [-0.2, -0.15) is 0 Å². The molecule has 0 saturated heterocycles. The molecule has 1 N–H and O–H groups in total. The van der Waals surface area contributed by atoms with Gasteiger partial charge < -0.3 is 9.88 Å². The molecule has 0 aliphatic rings. The molecule has 94 valence electrons. The number of anilines is 1. The molecule has 4 heteroatoms. The van der Waals surface area contributed by atoms with Crippen LogP contribution in [0.5, 0.6) is 0 Å². The molecule has 0 aliphatic heterocycles. The average molecular weight is 243 g/mol. The molecular weight excluding hydrogens is 226 g/mol. The zero-order valence-corrected chi connectivity index (χ0v) is 10.6. The number of carbonyl (C=O) groups excluding carboxylic acids is 1. The minimum absolute atomic E-state index is 0.0908. The van der Waals surface area contributed by atoms with Crippen molar-refractivity contribution >= 4 is 11.5 Å². The van der Waals surface area contributed by atoms with Gasteiger partial charge in [0.1, 0.15) is 0 Å². The molecule has 0 bridgehead atoms. The second-order valence-corrected chi connectivity index (χ2v) is 4.44. The van der Waals surface area contributed by atoms with Gasteiger partial charge in [-0.1, -0.05) is 0 Å². The number of carbonyl (C=O) groups is 1. The number of hydrogen-bond donors (Lipinski definition) is 1. The topological polar surface area (TPSA) is 46.9 Å². The molecule has 1 heterocycles. The van der Waals surface area contributed by atoms with Crippen LogP contribution in [0, 0.1) is 0 Å². The maximum Gasteiger partial charge on any atom is 0.159 e. The van der Waals surface area contributed by atoms with Crippen molar-refractivity contribution in [3.63, 3.8) is 0 Å². The van der Waals surface area contributed by atoms with Gasteiger partial charge in [-0.3, -0.25) is 4.79 Å². The van der Waals surface area contributed by atoms with Crippen molar-refractivity contribution in [3.05, 3.63) is 48.5 Å². The predicted octanol–water partition coefficient (Wildman–Crippen LogP) is 2.59. The van der Waals surface area contributed by atoms with Crippen molar-refractivity contribution in [3.8, 4) is 0 Å². The number of aromatic nitrogens is 2. The Morgan fingerprint density at radius 1 is 1.39 bits per heavy atom. The van der Waals surface area contributed by atoms with E-state index in [4.69, 9.17) is 0 Å². The maximum atomic E-state index is 11.2. The second kappa shape index (κ2) is 5.49. The quantitative estimate of drug-likeness (QED) is 0.821. The summed E-state index contributed by atoms with van der Waals surface area (Å²) in [5, 5.41) is 3.39. The van der Waals surface area contributed by atoms with Crippen molar-refractivity contribution in [1.29, 1.82) is 0 Å². The summed E-state index contributed by atoms with van der Waals surface area (Å²) in [7, 11) is 0. The molecule has 18 heavy (non-hydrogen) atoms. The van der Waals surface area contributed by atoms with E-state index in [-0.39, 0.29) is 5.78 Å². The number of Topliss-reactive ketones (excluding diaryl/α,β-unsaturated/α-hetero) is 1. The van der Waals surface area contributed by atoms with Crippen LogP contribution >= 0.6 is 0 Å². The summed E-state index contributed by atoms with van der Waals surface area (Å²) < 4.78 is 2.03. The van der Waals surface area contributed by atoms with Crippen LogP contribution in [0.25, 0.3) is 0 Å². The zero-order valence-electron chi connectivity index (χ0n) is 10.6. The molecule has 0 aliphatic carbocycles. The van der Waals surface area contributed by atoms with Crippen LogP contribution in [0.4, 0.5) is 5.69 Å². The summed E-state index contributed by atoms with van der Waals surface area (Å²) in [6, 6.07) is 7.84. The number of imidazole rings is 1. The Hall–Kier alpha value is -2.10. The third-order valence-electron chi connectivity index (χ3n) is 2.75. The molecular formula is C14H17N3O. The van der Waals surface area contributed by atoms with Gasteiger partial charge in [-0.25, -0.2) is 4.98 Å². The van der Waals surface area contributed by atoms with E-state index in [1.807, 2.05) is 35.0 Å². The number of benzene rings is 1. The summed E-state index contributed by atoms with van der Waals surface area (Å²) in [4.78, 5) is 15.2. The third-order valence-corrected chi connectivity index (χ3v) is 2.75. The van der Waals surface area contributed by atoms with E-state index in [1.165, 1.54) is 0 Å². The fraction of sp³-hybridized carbons (Fsp3) is 0.286. The fourth-order valence-electron chi connectivity index (χ4n) is 1.84. The first kappa shape index (κ1) is 12.4. The molecule has 0 spiro atoms. The van der Waals surface area contributed by atoms with Gasteiger partial charge in [0, 0.05) is 36.2 Å². The van der Waals surface area contributed by atoms with Gasteiger partial charge in [0.05, 0.1) is 6.33 Å². The number of ketones is 1. The van der Waals surface area contributed by atoms with Gasteiger partial charge in [0.2, 0.25) is 0 Å². The van der Waals surface area contributed by atoms with E-state index in [9.17, 15) is 4.79 Å². The molecule has 4 nitrogen and oxygen atoms in total. The van der Waals surface area contributed by atoms with Gasteiger partial charge >= 0.3 is 0 Å². The van der Waals surface area contributed by atoms with Crippen LogP contribution in [0.15, 0.2) is 43.0 Å². The molecule has 0 saturated carbocycles. The van der Waals surface area contributed by atoms with Crippen LogP contribution in [-0.2, 0) is 6.54 Å². The summed E-state index contributed by atoms with van der Waals surface area (Å²) >= 11 is 0. The highest BCUT2D eigenvalue weighted by Crippen LogP contribution is 2.11. The Kier molecular flexibility index (Phi) is 3.77. The van der Waals surface area contributed by atoms with Gasteiger partial charge in [-0.15, -0.1) is 0 Å². The summed E-state index contributed by atoms with van der Waals surface area (Å²) in [6.45, 7) is 4.54. The molecule has 1 unspecified atom stereocenters. The normalized spacial score (nSPS) is 12.1. The fourth-order valence-corrected chi connectivity index (χ4v) is 1.84. The van der Waals surface area contributed by atoms with Crippen molar-refractivity contribution in [2.24, 2.45) is 0 Å². The number of nitrogens with zero attached hydrogens (tertiary/aromatic N) is 2. The van der Waals surface area contributed by atoms with Crippen molar-refractivity contribution < 1.29 is 4.79 Å². The Morgan fingerprint density at radius 2 is 2.11 bits per heavy atom. The van der Waals surface area contributed by atoms with Crippen LogP contribution in [-0.4, -0.2) is 21.4 Å². The van der Waals surface area contributed by atoms with Crippen molar-refractivity contribution in [2.75, 3.05) is 5.32 Å². The highest BCUT2D eigenvalue weighted by Gasteiger charge is 2.04. The molecule has 0 amide bonds. The van der Waals surface area contributed by atoms with Crippen LogP contribution in [0.3, 0.4) is 0 Å². The van der Waals surface area contributed by atoms with Crippen LogP contribution in [0.2, 0.25) is 0 Å². The minimum atomic E-state index is 0.0908. The third kappa shape index (κ3) is 3.20. The van der Waals surface area contributed by atoms with E-state index in [1.54, 1.807) is 19.4 Å². The average Bonchev–Trinajstić information content (AvgIpc) is 2.82. The Bertz CT molecular complexity index is 502. The smallest absolute Gasteiger partial charge is 0.159 e. The highest BCUT2D eigenvalue weighted by atomic mass is 16.1. The predicted molar refractivity (Wildman–Crippen MR) is 71.8 cm³/mol. The van der Waals surface area contributed by atoms with E-state index in [0.29, 0.717) is 6.04 Å². The lowest BCUT2D eigenvalue weighted by Gasteiger charge is -2.15. The first-order chi connectivity index (χ1) is 8.65. The van der Waals surface area contributed by atoms with Gasteiger partial charge in [0.15, 0.2) is 5.78 Å². The van der Waals surface area contributed by atoms with Crippen LogP contribution < -0.4 is 5.32 Å². The molecule has 2 rings (SSSR count). The van der Waals surface area contributed by atoms with Crippen molar-refractivity contribution in [2.45, 2.75) is 26.4 Å². The lowest BCUT2D eigenvalue weighted by molar-refractivity contribution is 0.101. The first-order valence-corrected chi connectivity index (χ1v) is 5.98. The zero-order chi connectivity index (χ0) is 13.0. The monoisotopic (exact) mass is 243 g/mol. The summed E-state index contributed by atoms with van der Waals surface area (Å²) in [5.74, 6) is 0.0908. The lowest BCUT2D eigenvalue weighted by Crippen LogP contribution is -2.21. The summed E-state index contributed by atoms with van der Waals surface area (Å²) in [5.41, 5.74) is 1.76. The second-order valence-electron chi connectivity index (χ2n) is 4.44. The van der Waals surface area contributed by atoms with E-state index in [0.717, 1.165) is 17.8 Å². The standard InChI is InChI=1S/C14H17N3O/c1-11(9-17-8-7-15-10-17)16-14-5-3-13(4-6-14)12(2)18/h3-8,10-11,16H,9H2,1-2H3. The maximum absolute atomic E-state index is 11.2. The number of rotatable bonds is 5. The minimum Gasteiger partial charge on any atom is -0.381 e. The van der Waals surface area contributed by atoms with Crippen LogP contribution in [0.1, 0.15) is 24.2 Å². The highest BCUT2D eigenvalue weighted by molar-refractivity contribution is 5.94. The van der Waals surface area contributed by atoms with E-state index >= 15 is 0 Å². The molecule has 2 aromatic rings. The van der Waals surface area contributed by atoms with E-state index < -0.39 is 0 Å². The largest absolute Gasteiger partial charge is 0.381 e. The molecule has 0 radical (unpaired) electrons. The van der Waals surface area contributed by atoms with Gasteiger partial charge in [0.25, 0.3) is 0 Å². The molecule has 1 aromatic carbocycles. The Labute approximate surface area is 107 Å².